The molecule has 1 aliphatic rings. The summed E-state index contributed by atoms with van der Waals surface area (Å²) in [6, 6.07) is 10.8. The number of fused-ring (bicyclic) bond motifs is 1. The van der Waals surface area contributed by atoms with Crippen molar-refractivity contribution in [2.45, 2.75) is 52.1 Å². The first-order chi connectivity index (χ1) is 9.72. The monoisotopic (exact) mass is 269 g/mol. The van der Waals surface area contributed by atoms with Crippen molar-refractivity contribution in [2.24, 2.45) is 0 Å². The topological polar surface area (TPSA) is 25.2 Å². The molecule has 0 bridgehead atoms. The maximum atomic E-state index is 10.2. The van der Waals surface area contributed by atoms with Gasteiger partial charge in [0.2, 0.25) is 0 Å². The molecule has 0 aliphatic heterocycles. The lowest BCUT2D eigenvalue weighted by molar-refractivity contribution is 0.156. The number of hydrogen-bond donors (Lipinski definition) is 1. The minimum Gasteiger partial charge on any atom is -0.388 e. The highest BCUT2D eigenvalue weighted by Crippen LogP contribution is 2.34. The summed E-state index contributed by atoms with van der Waals surface area (Å²) in [4.78, 5) is 0. The van der Waals surface area contributed by atoms with Crippen LogP contribution in [-0.4, -0.2) is 9.67 Å². The minimum absolute atomic E-state index is 0.281. The van der Waals surface area contributed by atoms with Gasteiger partial charge in [0.15, 0.2) is 0 Å². The van der Waals surface area contributed by atoms with Crippen molar-refractivity contribution in [1.82, 2.24) is 4.57 Å². The molecular weight excluding hydrogens is 246 g/mol. The van der Waals surface area contributed by atoms with Crippen molar-refractivity contribution in [3.05, 3.63) is 52.8 Å². The Morgan fingerprint density at radius 1 is 1.30 bits per heavy atom. The summed E-state index contributed by atoms with van der Waals surface area (Å²) < 4.78 is 2.36. The van der Waals surface area contributed by atoms with E-state index in [9.17, 15) is 5.11 Å². The predicted molar refractivity (Wildman–Crippen MR) is 82.4 cm³/mol. The van der Waals surface area contributed by atoms with Crippen molar-refractivity contribution in [3.63, 3.8) is 0 Å². The van der Waals surface area contributed by atoms with Crippen LogP contribution < -0.4 is 0 Å². The number of benzene rings is 1. The number of aliphatic hydroxyl groups excluding tert-OH is 1. The van der Waals surface area contributed by atoms with Gasteiger partial charge in [-0.25, -0.2) is 0 Å². The summed E-state index contributed by atoms with van der Waals surface area (Å²) in [5.74, 6) is 0. The average Bonchev–Trinajstić information content (AvgIpc) is 2.78. The van der Waals surface area contributed by atoms with Gasteiger partial charge in [-0.3, -0.25) is 0 Å². The highest BCUT2D eigenvalue weighted by Gasteiger charge is 2.24. The fourth-order valence-electron chi connectivity index (χ4n) is 3.42. The number of hydrogen-bond acceptors (Lipinski definition) is 1. The minimum atomic E-state index is -0.281. The highest BCUT2D eigenvalue weighted by atomic mass is 16.3. The fraction of sp³-hybridized carbons (Fsp3) is 0.444. The van der Waals surface area contributed by atoms with Crippen molar-refractivity contribution < 1.29 is 5.11 Å². The molecule has 1 heterocycles. The van der Waals surface area contributed by atoms with E-state index in [1.54, 1.807) is 0 Å². The molecular formula is C18H23NO. The van der Waals surface area contributed by atoms with E-state index in [-0.39, 0.29) is 6.10 Å². The van der Waals surface area contributed by atoms with Gasteiger partial charge in [0.1, 0.15) is 0 Å². The van der Waals surface area contributed by atoms with Crippen LogP contribution in [0.1, 0.15) is 54.8 Å². The molecule has 1 aromatic carbocycles. The Hall–Kier alpha value is -1.54. The quantitative estimate of drug-likeness (QED) is 0.891. The molecule has 3 rings (SSSR count). The largest absolute Gasteiger partial charge is 0.388 e. The van der Waals surface area contributed by atoms with Crippen molar-refractivity contribution in [1.29, 1.82) is 0 Å². The molecule has 1 atom stereocenters. The average molecular weight is 269 g/mol. The molecule has 2 aromatic rings. The molecule has 0 fully saturated rings. The first-order valence-electron chi connectivity index (χ1n) is 7.69. The molecule has 106 valence electrons. The SMILES string of the molecule is CCCc1ccccc1-n1c(C)cc2c1CCCC2O. The molecule has 2 heteroatoms. The third kappa shape index (κ3) is 2.18. The molecule has 0 saturated carbocycles. The Kier molecular flexibility index (Phi) is 3.66. The maximum Gasteiger partial charge on any atom is 0.0807 e. The van der Waals surface area contributed by atoms with E-state index < -0.39 is 0 Å². The van der Waals surface area contributed by atoms with Gasteiger partial charge in [0.25, 0.3) is 0 Å². The second-order valence-corrected chi connectivity index (χ2v) is 5.81. The number of nitrogens with zero attached hydrogens (tertiary/aromatic N) is 1. The normalized spacial score (nSPS) is 18.1. The zero-order chi connectivity index (χ0) is 14.1. The first kappa shape index (κ1) is 13.4. The third-order valence-corrected chi connectivity index (χ3v) is 4.32. The third-order valence-electron chi connectivity index (χ3n) is 4.32. The van der Waals surface area contributed by atoms with Crippen LogP contribution >= 0.6 is 0 Å². The Morgan fingerprint density at radius 2 is 2.10 bits per heavy atom. The van der Waals surface area contributed by atoms with E-state index in [1.807, 2.05) is 0 Å². The number of para-hydroxylation sites is 1. The smallest absolute Gasteiger partial charge is 0.0807 e. The van der Waals surface area contributed by atoms with Crippen LogP contribution in [0.3, 0.4) is 0 Å². The summed E-state index contributed by atoms with van der Waals surface area (Å²) in [5, 5.41) is 10.2. The van der Waals surface area contributed by atoms with E-state index in [1.165, 1.54) is 22.6 Å². The first-order valence-corrected chi connectivity index (χ1v) is 7.69. The standard InChI is InChI=1S/C18H23NO/c1-3-7-14-8-4-5-9-16(14)19-13(2)12-15-17(19)10-6-11-18(15)20/h4-5,8-9,12,18,20H,3,6-7,10-11H2,1-2H3. The van der Waals surface area contributed by atoms with Gasteiger partial charge in [-0.2, -0.15) is 0 Å². The zero-order valence-corrected chi connectivity index (χ0v) is 12.4. The van der Waals surface area contributed by atoms with Crippen LogP contribution in [0.15, 0.2) is 30.3 Å². The second kappa shape index (κ2) is 5.45. The molecule has 1 N–H and O–H groups in total. The molecule has 2 nitrogen and oxygen atoms in total. The van der Waals surface area contributed by atoms with Crippen molar-refractivity contribution in [3.8, 4) is 5.69 Å². The van der Waals surface area contributed by atoms with Crippen LogP contribution in [-0.2, 0) is 12.8 Å². The molecule has 0 radical (unpaired) electrons. The number of aryl methyl sites for hydroxylation is 2. The summed E-state index contributed by atoms with van der Waals surface area (Å²) in [5.41, 5.74) is 6.38. The Balaban J connectivity index is 2.16. The van der Waals surface area contributed by atoms with Gasteiger partial charge < -0.3 is 9.67 Å². The second-order valence-electron chi connectivity index (χ2n) is 5.81. The van der Waals surface area contributed by atoms with Crippen LogP contribution in [0.2, 0.25) is 0 Å². The van der Waals surface area contributed by atoms with Gasteiger partial charge in [-0.1, -0.05) is 31.5 Å². The van der Waals surface area contributed by atoms with Crippen LogP contribution in [0.25, 0.3) is 5.69 Å². The lowest BCUT2D eigenvalue weighted by atomic mass is 9.95. The maximum absolute atomic E-state index is 10.2. The van der Waals surface area contributed by atoms with E-state index in [4.69, 9.17) is 0 Å². The number of rotatable bonds is 3. The highest BCUT2D eigenvalue weighted by molar-refractivity contribution is 5.48. The Morgan fingerprint density at radius 3 is 2.90 bits per heavy atom. The van der Waals surface area contributed by atoms with Crippen LogP contribution in [0.4, 0.5) is 0 Å². The van der Waals surface area contributed by atoms with E-state index in [0.29, 0.717) is 0 Å². The Labute approximate surface area is 121 Å². The van der Waals surface area contributed by atoms with Crippen molar-refractivity contribution >= 4 is 0 Å². The molecule has 0 amide bonds. The molecule has 1 aliphatic carbocycles. The van der Waals surface area contributed by atoms with E-state index >= 15 is 0 Å². The lowest BCUT2D eigenvalue weighted by Crippen LogP contribution is -2.12. The Bertz CT molecular complexity index is 612. The fourth-order valence-corrected chi connectivity index (χ4v) is 3.42. The molecule has 0 saturated heterocycles. The lowest BCUT2D eigenvalue weighted by Gasteiger charge is -2.22. The van der Waals surface area contributed by atoms with E-state index in [0.717, 1.165) is 37.7 Å². The van der Waals surface area contributed by atoms with Gasteiger partial charge in [0, 0.05) is 22.6 Å². The summed E-state index contributed by atoms with van der Waals surface area (Å²) in [7, 11) is 0. The van der Waals surface area contributed by atoms with Crippen molar-refractivity contribution in [2.75, 3.05) is 0 Å². The van der Waals surface area contributed by atoms with Crippen LogP contribution in [0.5, 0.6) is 0 Å². The van der Waals surface area contributed by atoms with Gasteiger partial charge >= 0.3 is 0 Å². The molecule has 1 unspecified atom stereocenters. The number of aromatic nitrogens is 1. The van der Waals surface area contributed by atoms with Gasteiger partial charge in [0.05, 0.1) is 6.10 Å². The van der Waals surface area contributed by atoms with Gasteiger partial charge in [-0.05, 0) is 50.3 Å². The molecule has 0 spiro atoms. The number of aliphatic hydroxyl groups is 1. The van der Waals surface area contributed by atoms with Crippen LogP contribution in [0, 0.1) is 6.92 Å². The summed E-state index contributed by atoms with van der Waals surface area (Å²) in [6.07, 6.45) is 5.02. The molecule has 20 heavy (non-hydrogen) atoms. The summed E-state index contributed by atoms with van der Waals surface area (Å²) in [6.45, 7) is 4.37. The zero-order valence-electron chi connectivity index (χ0n) is 12.4. The van der Waals surface area contributed by atoms with E-state index in [2.05, 4.69) is 48.7 Å². The van der Waals surface area contributed by atoms with Gasteiger partial charge in [-0.15, -0.1) is 0 Å². The predicted octanol–water partition coefficient (Wildman–Crippen LogP) is 4.11. The summed E-state index contributed by atoms with van der Waals surface area (Å²) >= 11 is 0. The molecule has 1 aromatic heterocycles.